The molecule has 0 amide bonds. The Morgan fingerprint density at radius 2 is 1.92 bits per heavy atom. The first-order valence-corrected chi connectivity index (χ1v) is 10.0. The van der Waals surface area contributed by atoms with Gasteiger partial charge < -0.3 is 10.6 Å². The number of rotatable bonds is 7. The number of hydrogen-bond donors (Lipinski definition) is 3. The maximum absolute atomic E-state index is 11.3. The van der Waals surface area contributed by atoms with Crippen molar-refractivity contribution in [1.29, 1.82) is 0 Å². The molecule has 0 saturated carbocycles. The number of nitrogens with one attached hydrogen (secondary N) is 2. The fourth-order valence-corrected chi connectivity index (χ4v) is 3.77. The van der Waals surface area contributed by atoms with Crippen LogP contribution < -0.4 is 15.8 Å². The zero-order valence-electron chi connectivity index (χ0n) is 13.5. The predicted octanol–water partition coefficient (Wildman–Crippen LogP) is 1.69. The summed E-state index contributed by atoms with van der Waals surface area (Å²) in [6.07, 6.45) is 0.903. The molecule has 0 spiro atoms. The van der Waals surface area contributed by atoms with Crippen molar-refractivity contribution in [3.63, 3.8) is 0 Å². The number of nitrogens with two attached hydrogens (primary N) is 1. The summed E-state index contributed by atoms with van der Waals surface area (Å²) in [4.78, 5) is 5.33. The van der Waals surface area contributed by atoms with E-state index in [4.69, 9.17) is 5.14 Å². The molecule has 2 rings (SSSR count). The Morgan fingerprint density at radius 1 is 1.17 bits per heavy atom. The summed E-state index contributed by atoms with van der Waals surface area (Å²) in [5.41, 5.74) is 1.26. The van der Waals surface area contributed by atoms with Crippen molar-refractivity contribution >= 4 is 27.3 Å². The smallest absolute Gasteiger partial charge is 0.247 e. The van der Waals surface area contributed by atoms with Crippen LogP contribution in [0.2, 0.25) is 0 Å². The maximum atomic E-state index is 11.3. The van der Waals surface area contributed by atoms with Crippen LogP contribution in [0.3, 0.4) is 0 Å². The normalized spacial score (nSPS) is 12.2. The lowest BCUT2D eigenvalue weighted by Gasteiger charge is -2.11. The topological polar surface area (TPSA) is 96.6 Å². The predicted molar refractivity (Wildman–Crippen MR) is 98.7 cm³/mol. The second kappa shape index (κ2) is 8.81. The van der Waals surface area contributed by atoms with Gasteiger partial charge in [0.15, 0.2) is 5.96 Å². The summed E-state index contributed by atoms with van der Waals surface area (Å²) in [6.45, 7) is 3.92. The molecule has 130 valence electrons. The highest BCUT2D eigenvalue weighted by Crippen LogP contribution is 2.20. The summed E-state index contributed by atoms with van der Waals surface area (Å²) in [6, 6.07) is 13.5. The average molecular weight is 367 g/mol. The molecule has 0 radical (unpaired) electrons. The summed E-state index contributed by atoms with van der Waals surface area (Å²) < 4.78 is 22.7. The van der Waals surface area contributed by atoms with Crippen molar-refractivity contribution in [2.45, 2.75) is 24.1 Å². The van der Waals surface area contributed by atoms with Gasteiger partial charge in [0.1, 0.15) is 4.21 Å². The fraction of sp³-hybridized carbons (Fsp3) is 0.312. The van der Waals surface area contributed by atoms with Gasteiger partial charge in [-0.3, -0.25) is 0 Å². The molecule has 1 aromatic carbocycles. The average Bonchev–Trinajstić information content (AvgIpc) is 3.03. The van der Waals surface area contributed by atoms with E-state index in [0.717, 1.165) is 35.7 Å². The molecular weight excluding hydrogens is 344 g/mol. The molecular formula is C16H22N4O2S2. The molecule has 4 N–H and O–H groups in total. The Morgan fingerprint density at radius 3 is 2.54 bits per heavy atom. The number of nitrogens with zero attached hydrogens (tertiary/aromatic N) is 1. The van der Waals surface area contributed by atoms with Crippen molar-refractivity contribution < 1.29 is 8.42 Å². The minimum atomic E-state index is -3.64. The first-order chi connectivity index (χ1) is 11.5. The standard InChI is InChI=1S/C16H22N4O2S2/c1-2-18-16(19-11-10-13-6-4-3-5-7-13)20-12-14-8-9-15(23-14)24(17,21)22/h3-9H,2,10-12H2,1H3,(H2,17,21,22)(H2,18,19,20). The molecule has 24 heavy (non-hydrogen) atoms. The summed E-state index contributed by atoms with van der Waals surface area (Å²) >= 11 is 1.15. The zero-order valence-corrected chi connectivity index (χ0v) is 15.2. The highest BCUT2D eigenvalue weighted by atomic mass is 32.2. The van der Waals surface area contributed by atoms with E-state index in [2.05, 4.69) is 27.8 Å². The van der Waals surface area contributed by atoms with Crippen LogP contribution in [-0.2, 0) is 23.0 Å². The highest BCUT2D eigenvalue weighted by molar-refractivity contribution is 7.91. The zero-order chi connectivity index (χ0) is 17.4. The first-order valence-electron chi connectivity index (χ1n) is 7.66. The Labute approximate surface area is 146 Å². The van der Waals surface area contributed by atoms with E-state index in [-0.39, 0.29) is 4.21 Å². The second-order valence-electron chi connectivity index (χ2n) is 5.12. The van der Waals surface area contributed by atoms with Gasteiger partial charge in [-0.25, -0.2) is 18.5 Å². The van der Waals surface area contributed by atoms with Gasteiger partial charge in [0.25, 0.3) is 0 Å². The molecule has 0 saturated heterocycles. The van der Waals surface area contributed by atoms with Gasteiger partial charge in [0.05, 0.1) is 6.54 Å². The molecule has 2 aromatic rings. The summed E-state index contributed by atoms with van der Waals surface area (Å²) in [5.74, 6) is 0.707. The second-order valence-corrected chi connectivity index (χ2v) is 8.08. The summed E-state index contributed by atoms with van der Waals surface area (Å²) in [5, 5.41) is 11.6. The lowest BCUT2D eigenvalue weighted by molar-refractivity contribution is 0.600. The van der Waals surface area contributed by atoms with Crippen molar-refractivity contribution in [3.8, 4) is 0 Å². The van der Waals surface area contributed by atoms with Crippen molar-refractivity contribution in [1.82, 2.24) is 10.6 Å². The van der Waals surface area contributed by atoms with E-state index in [0.29, 0.717) is 12.5 Å². The van der Waals surface area contributed by atoms with Gasteiger partial charge in [-0.1, -0.05) is 30.3 Å². The minimum Gasteiger partial charge on any atom is -0.357 e. The molecule has 0 aliphatic carbocycles. The molecule has 1 heterocycles. The van der Waals surface area contributed by atoms with Gasteiger partial charge in [-0.05, 0) is 31.0 Å². The van der Waals surface area contributed by atoms with Gasteiger partial charge in [0, 0.05) is 18.0 Å². The monoisotopic (exact) mass is 366 g/mol. The Kier molecular flexibility index (Phi) is 6.77. The van der Waals surface area contributed by atoms with Gasteiger partial charge in [0.2, 0.25) is 10.0 Å². The van der Waals surface area contributed by atoms with Crippen molar-refractivity contribution in [2.24, 2.45) is 10.1 Å². The number of thiophene rings is 1. The SMILES string of the molecule is CCNC(=NCc1ccc(S(N)(=O)=O)s1)NCCc1ccccc1. The molecule has 0 atom stereocenters. The summed E-state index contributed by atoms with van der Waals surface area (Å²) in [7, 11) is -3.64. The lowest BCUT2D eigenvalue weighted by atomic mass is 10.1. The number of aliphatic imine (C=N–C) groups is 1. The van der Waals surface area contributed by atoms with Crippen LogP contribution in [0.15, 0.2) is 51.7 Å². The minimum absolute atomic E-state index is 0.162. The number of hydrogen-bond acceptors (Lipinski definition) is 4. The number of primary sulfonamides is 1. The molecule has 0 aliphatic rings. The first kappa shape index (κ1) is 18.4. The van der Waals surface area contributed by atoms with Gasteiger partial charge in [-0.2, -0.15) is 0 Å². The van der Waals surface area contributed by atoms with Gasteiger partial charge in [-0.15, -0.1) is 11.3 Å². The van der Waals surface area contributed by atoms with E-state index >= 15 is 0 Å². The van der Waals surface area contributed by atoms with Crippen LogP contribution in [-0.4, -0.2) is 27.5 Å². The van der Waals surface area contributed by atoms with E-state index in [1.165, 1.54) is 11.6 Å². The molecule has 1 aromatic heterocycles. The van der Waals surface area contributed by atoms with Crippen molar-refractivity contribution in [2.75, 3.05) is 13.1 Å². The largest absolute Gasteiger partial charge is 0.357 e. The Bertz CT molecular complexity index is 770. The van der Waals surface area contributed by atoms with Crippen LogP contribution >= 0.6 is 11.3 Å². The molecule has 0 bridgehead atoms. The van der Waals surface area contributed by atoms with E-state index < -0.39 is 10.0 Å². The van der Waals surface area contributed by atoms with Gasteiger partial charge >= 0.3 is 0 Å². The molecule has 8 heteroatoms. The maximum Gasteiger partial charge on any atom is 0.247 e. The van der Waals surface area contributed by atoms with E-state index in [1.54, 1.807) is 6.07 Å². The highest BCUT2D eigenvalue weighted by Gasteiger charge is 2.10. The Balaban J connectivity index is 1.91. The van der Waals surface area contributed by atoms with Crippen molar-refractivity contribution in [3.05, 3.63) is 52.9 Å². The third-order valence-electron chi connectivity index (χ3n) is 3.20. The van der Waals surface area contributed by atoms with Crippen LogP contribution in [0.25, 0.3) is 0 Å². The quantitative estimate of drug-likeness (QED) is 0.513. The molecule has 0 fully saturated rings. The van der Waals surface area contributed by atoms with Crippen LogP contribution in [0.1, 0.15) is 17.4 Å². The van der Waals surface area contributed by atoms with Crippen LogP contribution in [0, 0.1) is 0 Å². The lowest BCUT2D eigenvalue weighted by Crippen LogP contribution is -2.38. The number of benzene rings is 1. The molecule has 0 unspecified atom stereocenters. The Hall–Kier alpha value is -1.90. The van der Waals surface area contributed by atoms with Crippen LogP contribution in [0.5, 0.6) is 0 Å². The third-order valence-corrected chi connectivity index (χ3v) is 5.71. The molecule has 6 nitrogen and oxygen atoms in total. The van der Waals surface area contributed by atoms with Crippen LogP contribution in [0.4, 0.5) is 0 Å². The van der Waals surface area contributed by atoms with E-state index in [1.807, 2.05) is 25.1 Å². The third kappa shape index (κ3) is 5.95. The van der Waals surface area contributed by atoms with E-state index in [9.17, 15) is 8.42 Å². The fourth-order valence-electron chi connectivity index (χ4n) is 2.06. The molecule has 0 aliphatic heterocycles. The number of guanidine groups is 1. The number of sulfonamides is 1.